The lowest BCUT2D eigenvalue weighted by atomic mass is 9.36. The fraction of sp³-hybridized carbons (Fsp3) is 0.870. The lowest BCUT2D eigenvalue weighted by Gasteiger charge is -2.69. The highest BCUT2D eigenvalue weighted by molar-refractivity contribution is 5.66. The van der Waals surface area contributed by atoms with Crippen LogP contribution in [0, 0.1) is 33.5 Å². The molecular weight excluding hydrogens is 324 g/mol. The predicted octanol–water partition coefficient (Wildman–Crippen LogP) is 5.12. The molecule has 3 nitrogen and oxygen atoms in total. The molecule has 3 fully saturated rings. The maximum absolute atomic E-state index is 11.6. The molecular formula is C23H38O3. The predicted molar refractivity (Wildman–Crippen MR) is 105 cm³/mol. The van der Waals surface area contributed by atoms with Crippen molar-refractivity contribution in [1.82, 2.24) is 0 Å². The zero-order valence-electron chi connectivity index (χ0n) is 17.6. The second-order valence-electron chi connectivity index (χ2n) is 10.6. The van der Waals surface area contributed by atoms with Gasteiger partial charge in [0.05, 0.1) is 6.10 Å². The van der Waals surface area contributed by atoms with Crippen LogP contribution in [-0.2, 0) is 9.53 Å². The number of carbonyl (C=O) groups is 1. The summed E-state index contributed by atoms with van der Waals surface area (Å²) in [4.78, 5) is 11.6. The molecule has 3 aliphatic carbocycles. The van der Waals surface area contributed by atoms with E-state index in [2.05, 4.69) is 41.2 Å². The Hall–Kier alpha value is -0.830. The SMILES string of the molecule is C=CC1(C)C(O)CCC2C3(C)CCC(OC(C)=O)C(C)(C)C3CCC21C. The minimum atomic E-state index is -0.299. The summed E-state index contributed by atoms with van der Waals surface area (Å²) < 4.78 is 5.75. The van der Waals surface area contributed by atoms with Crippen molar-refractivity contribution in [3.8, 4) is 0 Å². The Morgan fingerprint density at radius 2 is 1.69 bits per heavy atom. The van der Waals surface area contributed by atoms with Crippen molar-refractivity contribution in [3.05, 3.63) is 12.7 Å². The molecule has 0 spiro atoms. The van der Waals surface area contributed by atoms with Gasteiger partial charge in [0.1, 0.15) is 6.10 Å². The van der Waals surface area contributed by atoms with Crippen molar-refractivity contribution >= 4 is 5.97 Å². The number of ether oxygens (including phenoxy) is 1. The largest absolute Gasteiger partial charge is 0.462 e. The monoisotopic (exact) mass is 362 g/mol. The minimum Gasteiger partial charge on any atom is -0.462 e. The van der Waals surface area contributed by atoms with Crippen molar-refractivity contribution in [1.29, 1.82) is 0 Å². The van der Waals surface area contributed by atoms with E-state index in [0.717, 1.165) is 38.5 Å². The Kier molecular flexibility index (Phi) is 4.66. The van der Waals surface area contributed by atoms with Crippen LogP contribution in [0.5, 0.6) is 0 Å². The van der Waals surface area contributed by atoms with Crippen LogP contribution in [0.2, 0.25) is 0 Å². The molecule has 0 aliphatic heterocycles. The molecule has 0 aromatic rings. The van der Waals surface area contributed by atoms with Crippen LogP contribution in [0.25, 0.3) is 0 Å². The summed E-state index contributed by atoms with van der Waals surface area (Å²) >= 11 is 0. The molecule has 26 heavy (non-hydrogen) atoms. The van der Waals surface area contributed by atoms with Crippen molar-refractivity contribution < 1.29 is 14.6 Å². The first-order valence-corrected chi connectivity index (χ1v) is 10.4. The Morgan fingerprint density at radius 1 is 1.04 bits per heavy atom. The lowest BCUT2D eigenvalue weighted by molar-refractivity contribution is -0.227. The van der Waals surface area contributed by atoms with E-state index in [9.17, 15) is 9.90 Å². The van der Waals surface area contributed by atoms with Crippen LogP contribution in [0.3, 0.4) is 0 Å². The minimum absolute atomic E-state index is 0.0133. The van der Waals surface area contributed by atoms with E-state index in [1.807, 2.05) is 6.08 Å². The van der Waals surface area contributed by atoms with Gasteiger partial charge in [0, 0.05) is 17.8 Å². The quantitative estimate of drug-likeness (QED) is 0.547. The Morgan fingerprint density at radius 3 is 2.27 bits per heavy atom. The highest BCUT2D eigenvalue weighted by atomic mass is 16.5. The zero-order valence-corrected chi connectivity index (χ0v) is 17.6. The summed E-state index contributed by atoms with van der Waals surface area (Å²) in [6.45, 7) is 17.4. The summed E-state index contributed by atoms with van der Waals surface area (Å²) in [6.07, 6.45) is 7.97. The second kappa shape index (κ2) is 6.09. The van der Waals surface area contributed by atoms with Gasteiger partial charge in [0.25, 0.3) is 0 Å². The van der Waals surface area contributed by atoms with Crippen LogP contribution >= 0.6 is 0 Å². The molecule has 7 unspecified atom stereocenters. The van der Waals surface area contributed by atoms with E-state index in [1.165, 1.54) is 6.92 Å². The van der Waals surface area contributed by atoms with Gasteiger partial charge in [-0.25, -0.2) is 0 Å². The van der Waals surface area contributed by atoms with Crippen molar-refractivity contribution in [2.45, 2.75) is 92.3 Å². The standard InChI is InChI=1S/C23H38O3/c1-8-22(6)18(25)10-9-17-21(5)13-12-19(26-15(2)24)20(3,4)16(21)11-14-23(17,22)7/h8,16-19,25H,1,9-14H2,2-7H3. The molecule has 148 valence electrons. The molecule has 0 amide bonds. The average Bonchev–Trinajstić information content (AvgIpc) is 2.54. The van der Waals surface area contributed by atoms with Gasteiger partial charge in [-0.1, -0.05) is 40.7 Å². The average molecular weight is 363 g/mol. The fourth-order valence-corrected chi connectivity index (χ4v) is 7.61. The molecule has 7 atom stereocenters. The van der Waals surface area contributed by atoms with E-state index in [0.29, 0.717) is 11.8 Å². The molecule has 0 heterocycles. The number of aliphatic hydroxyl groups is 1. The topological polar surface area (TPSA) is 46.5 Å². The molecule has 0 bridgehead atoms. The lowest BCUT2D eigenvalue weighted by Crippen LogP contribution is -2.65. The number of carbonyl (C=O) groups excluding carboxylic acids is 1. The van der Waals surface area contributed by atoms with Gasteiger partial charge >= 0.3 is 5.97 Å². The van der Waals surface area contributed by atoms with E-state index in [1.54, 1.807) is 0 Å². The first kappa shape index (κ1) is 19.9. The normalized spacial score (nSPS) is 50.3. The third-order valence-corrected chi connectivity index (χ3v) is 9.37. The number of hydrogen-bond donors (Lipinski definition) is 1. The van der Waals surface area contributed by atoms with Crippen LogP contribution in [0.4, 0.5) is 0 Å². The van der Waals surface area contributed by atoms with Gasteiger partial charge in [-0.3, -0.25) is 4.79 Å². The summed E-state index contributed by atoms with van der Waals surface area (Å²) in [5, 5.41) is 10.8. The molecule has 0 aromatic carbocycles. The molecule has 3 heteroatoms. The molecule has 3 saturated carbocycles. The van der Waals surface area contributed by atoms with E-state index in [-0.39, 0.29) is 39.8 Å². The molecule has 0 radical (unpaired) electrons. The van der Waals surface area contributed by atoms with Crippen LogP contribution in [0.15, 0.2) is 12.7 Å². The zero-order chi connectivity index (χ0) is 19.5. The summed E-state index contributed by atoms with van der Waals surface area (Å²) in [7, 11) is 0. The van der Waals surface area contributed by atoms with E-state index in [4.69, 9.17) is 4.74 Å². The summed E-state index contributed by atoms with van der Waals surface area (Å²) in [5.74, 6) is 0.945. The van der Waals surface area contributed by atoms with Crippen LogP contribution < -0.4 is 0 Å². The number of fused-ring (bicyclic) bond motifs is 3. The molecule has 3 aliphatic rings. The van der Waals surface area contributed by atoms with E-state index < -0.39 is 0 Å². The molecule has 0 aromatic heterocycles. The first-order valence-electron chi connectivity index (χ1n) is 10.4. The highest BCUT2D eigenvalue weighted by Crippen LogP contribution is 2.71. The summed E-state index contributed by atoms with van der Waals surface area (Å²) in [6, 6.07) is 0. The Labute approximate surface area is 159 Å². The van der Waals surface area contributed by atoms with Crippen molar-refractivity contribution in [3.63, 3.8) is 0 Å². The number of rotatable bonds is 2. The number of aliphatic hydroxyl groups excluding tert-OH is 1. The van der Waals surface area contributed by atoms with Crippen molar-refractivity contribution in [2.24, 2.45) is 33.5 Å². The van der Waals surface area contributed by atoms with E-state index >= 15 is 0 Å². The van der Waals surface area contributed by atoms with Gasteiger partial charge in [0.2, 0.25) is 0 Å². The van der Waals surface area contributed by atoms with Crippen LogP contribution in [-0.4, -0.2) is 23.3 Å². The number of hydrogen-bond acceptors (Lipinski definition) is 3. The maximum Gasteiger partial charge on any atom is 0.302 e. The van der Waals surface area contributed by atoms with Gasteiger partial charge in [0.15, 0.2) is 0 Å². The first-order chi connectivity index (χ1) is 11.9. The highest BCUT2D eigenvalue weighted by Gasteiger charge is 2.66. The van der Waals surface area contributed by atoms with Gasteiger partial charge in [-0.05, 0) is 61.2 Å². The second-order valence-corrected chi connectivity index (χ2v) is 10.6. The van der Waals surface area contributed by atoms with Crippen LogP contribution in [0.1, 0.15) is 80.1 Å². The molecule has 0 saturated heterocycles. The van der Waals surface area contributed by atoms with Crippen molar-refractivity contribution in [2.75, 3.05) is 0 Å². The summed E-state index contributed by atoms with van der Waals surface area (Å²) in [5.41, 5.74) is 0.0427. The van der Waals surface area contributed by atoms with Gasteiger partial charge < -0.3 is 9.84 Å². The van der Waals surface area contributed by atoms with Gasteiger partial charge in [-0.2, -0.15) is 0 Å². The maximum atomic E-state index is 11.6. The third kappa shape index (κ3) is 2.45. The number of esters is 1. The van der Waals surface area contributed by atoms with Gasteiger partial charge in [-0.15, -0.1) is 6.58 Å². The molecule has 1 N–H and O–H groups in total. The Bertz CT molecular complexity index is 596. The third-order valence-electron chi connectivity index (χ3n) is 9.37. The Balaban J connectivity index is 1.99. The fourth-order valence-electron chi connectivity index (χ4n) is 7.61. The smallest absolute Gasteiger partial charge is 0.302 e. The molecule has 3 rings (SSSR count).